The third-order valence-electron chi connectivity index (χ3n) is 16.8. The van der Waals surface area contributed by atoms with E-state index >= 15 is 0 Å². The van der Waals surface area contributed by atoms with Gasteiger partial charge in [0.25, 0.3) is 0 Å². The van der Waals surface area contributed by atoms with Gasteiger partial charge in [-0.2, -0.15) is 0 Å². The van der Waals surface area contributed by atoms with Crippen molar-refractivity contribution in [3.8, 4) is 55.6 Å². The largest absolute Gasteiger partial charge is 0.494 e. The molecule has 1 aliphatic heterocycles. The second kappa shape index (κ2) is 19.0. The second-order valence-electron chi connectivity index (χ2n) is 22.3. The van der Waals surface area contributed by atoms with Crippen LogP contribution in [0.2, 0.25) is 0 Å². The molecular formula is C64H77BO2. The molecule has 3 aliphatic rings. The van der Waals surface area contributed by atoms with Gasteiger partial charge >= 0.3 is 7.12 Å². The van der Waals surface area contributed by atoms with Gasteiger partial charge in [-0.15, -0.1) is 0 Å². The lowest BCUT2D eigenvalue weighted by Gasteiger charge is -2.33. The van der Waals surface area contributed by atoms with Gasteiger partial charge in [0, 0.05) is 10.8 Å². The van der Waals surface area contributed by atoms with E-state index in [0.717, 1.165) is 5.46 Å². The lowest BCUT2D eigenvalue weighted by atomic mass is 9.70. The molecular weight excluding hydrogens is 812 g/mol. The maximum atomic E-state index is 6.35. The molecule has 0 unspecified atom stereocenters. The van der Waals surface area contributed by atoms with Crippen molar-refractivity contribution in [1.82, 2.24) is 0 Å². The Bertz CT molecular complexity index is 2680. The molecule has 0 aromatic heterocycles. The summed E-state index contributed by atoms with van der Waals surface area (Å²) >= 11 is 0. The number of unbranched alkanes of at least 4 members (excludes halogenated alkanes) is 10. The zero-order valence-corrected chi connectivity index (χ0v) is 42.8. The fourth-order valence-electron chi connectivity index (χ4n) is 12.2. The van der Waals surface area contributed by atoms with Gasteiger partial charge in [0.1, 0.15) is 0 Å². The van der Waals surface area contributed by atoms with Crippen LogP contribution in [-0.4, -0.2) is 18.3 Å². The predicted molar refractivity (Wildman–Crippen MR) is 288 cm³/mol. The van der Waals surface area contributed by atoms with E-state index in [1.54, 1.807) is 11.1 Å². The zero-order chi connectivity index (χ0) is 47.1. The Kier molecular flexibility index (Phi) is 13.4. The molecule has 6 aromatic rings. The third-order valence-corrected chi connectivity index (χ3v) is 16.8. The van der Waals surface area contributed by atoms with Gasteiger partial charge < -0.3 is 9.31 Å². The minimum atomic E-state index is -0.359. The van der Waals surface area contributed by atoms with E-state index in [-0.39, 0.29) is 29.2 Å². The van der Waals surface area contributed by atoms with Crippen molar-refractivity contribution in [1.29, 1.82) is 0 Å². The van der Waals surface area contributed by atoms with Crippen LogP contribution in [0.4, 0.5) is 0 Å². The molecule has 1 saturated heterocycles. The molecule has 0 saturated carbocycles. The van der Waals surface area contributed by atoms with Crippen LogP contribution in [0.25, 0.3) is 55.6 Å². The van der Waals surface area contributed by atoms with Crippen LogP contribution in [-0.2, 0) is 20.1 Å². The Balaban J connectivity index is 0.989. The minimum Gasteiger partial charge on any atom is -0.399 e. The quantitative estimate of drug-likeness (QED) is 0.0632. The highest BCUT2D eigenvalue weighted by atomic mass is 16.7. The standard InChI is InChI=1S/C64H77BO2/c1-11-13-15-17-19-23-37-64(38-24-20-18-16-14-12-2)56-26-22-21-25-52(56)55-36-30-48(43-59(55)64)47-29-34-53-54-35-31-49(42-58(54)61(5,6)57(53)41-47)50-39-44(3)60(45(4)40-50)46-27-32-51(33-28-46)65-66-62(7,8)63(9,10)67-65/h21-22,25-36,39-43H,11-20,23-24,37-38H2,1-10H3. The average Bonchev–Trinajstić information content (AvgIpc) is 3.81. The van der Waals surface area contributed by atoms with Crippen LogP contribution >= 0.6 is 0 Å². The zero-order valence-electron chi connectivity index (χ0n) is 42.8. The summed E-state index contributed by atoms with van der Waals surface area (Å²) in [6.07, 6.45) is 18.5. The Hall–Kier alpha value is -4.70. The van der Waals surface area contributed by atoms with Gasteiger partial charge in [-0.1, -0.05) is 202 Å². The van der Waals surface area contributed by atoms with Gasteiger partial charge in [-0.25, -0.2) is 0 Å². The monoisotopic (exact) mass is 889 g/mol. The van der Waals surface area contributed by atoms with Gasteiger partial charge in [-0.3, -0.25) is 0 Å². The molecule has 0 radical (unpaired) electrons. The maximum Gasteiger partial charge on any atom is 0.494 e. The predicted octanol–water partition coefficient (Wildman–Crippen LogP) is 17.7. The number of hydrogen-bond acceptors (Lipinski definition) is 2. The summed E-state index contributed by atoms with van der Waals surface area (Å²) in [4.78, 5) is 0. The first-order valence-corrected chi connectivity index (χ1v) is 26.3. The lowest BCUT2D eigenvalue weighted by molar-refractivity contribution is 0.00578. The highest BCUT2D eigenvalue weighted by molar-refractivity contribution is 6.62. The first kappa shape index (κ1) is 47.4. The number of hydrogen-bond donors (Lipinski definition) is 0. The molecule has 3 heteroatoms. The maximum absolute atomic E-state index is 6.35. The number of fused-ring (bicyclic) bond motifs is 6. The van der Waals surface area contributed by atoms with E-state index in [2.05, 4.69) is 184 Å². The SMILES string of the molecule is CCCCCCCCC1(CCCCCCCC)c2ccccc2-c2ccc(-c3ccc4c(c3)C(C)(C)c3cc(-c5cc(C)c(-c6ccc(B7OC(C)(C)C(C)(C)O7)cc6)c(C)c5)ccc3-4)cc21. The first-order valence-electron chi connectivity index (χ1n) is 26.3. The molecule has 6 aromatic carbocycles. The summed E-state index contributed by atoms with van der Waals surface area (Å²) in [5.74, 6) is 0. The van der Waals surface area contributed by atoms with Gasteiger partial charge in [0.15, 0.2) is 0 Å². The Morgan fingerprint density at radius 3 is 1.34 bits per heavy atom. The van der Waals surface area contributed by atoms with Crippen LogP contribution in [0, 0.1) is 13.8 Å². The van der Waals surface area contributed by atoms with Crippen LogP contribution in [0.5, 0.6) is 0 Å². The van der Waals surface area contributed by atoms with E-state index in [1.165, 1.54) is 168 Å². The lowest BCUT2D eigenvalue weighted by Crippen LogP contribution is -2.41. The van der Waals surface area contributed by atoms with Crippen molar-refractivity contribution in [2.75, 3.05) is 0 Å². The van der Waals surface area contributed by atoms with E-state index in [1.807, 2.05) is 0 Å². The van der Waals surface area contributed by atoms with E-state index < -0.39 is 0 Å². The summed E-state index contributed by atoms with van der Waals surface area (Å²) in [5.41, 5.74) is 22.3. The smallest absolute Gasteiger partial charge is 0.399 e. The molecule has 0 atom stereocenters. The summed E-state index contributed by atoms with van der Waals surface area (Å²) in [6.45, 7) is 22.5. The van der Waals surface area contributed by atoms with E-state index in [4.69, 9.17) is 9.31 Å². The summed E-state index contributed by atoms with van der Waals surface area (Å²) < 4.78 is 12.7. The van der Waals surface area contributed by atoms with Crippen LogP contribution < -0.4 is 5.46 Å². The van der Waals surface area contributed by atoms with Crippen molar-refractivity contribution in [3.05, 3.63) is 149 Å². The van der Waals surface area contributed by atoms with Crippen LogP contribution in [0.3, 0.4) is 0 Å². The topological polar surface area (TPSA) is 18.5 Å². The molecule has 0 spiro atoms. The van der Waals surface area contributed by atoms with Crippen LogP contribution in [0.1, 0.15) is 179 Å². The van der Waals surface area contributed by atoms with Crippen molar-refractivity contribution < 1.29 is 9.31 Å². The number of aryl methyl sites for hydroxylation is 2. The second-order valence-corrected chi connectivity index (χ2v) is 22.3. The van der Waals surface area contributed by atoms with E-state index in [0.29, 0.717) is 0 Å². The third kappa shape index (κ3) is 8.83. The molecule has 1 fully saturated rings. The summed E-state index contributed by atoms with van der Waals surface area (Å²) in [5, 5.41) is 0. The number of rotatable bonds is 18. The van der Waals surface area contributed by atoms with E-state index in [9.17, 15) is 0 Å². The van der Waals surface area contributed by atoms with Crippen molar-refractivity contribution in [3.63, 3.8) is 0 Å². The first-order chi connectivity index (χ1) is 32.2. The highest BCUT2D eigenvalue weighted by Crippen LogP contribution is 2.56. The Morgan fingerprint density at radius 2 is 0.821 bits per heavy atom. The molecule has 2 aliphatic carbocycles. The average molecular weight is 889 g/mol. The molecule has 0 amide bonds. The molecule has 2 nitrogen and oxygen atoms in total. The number of benzene rings is 6. The van der Waals surface area contributed by atoms with Gasteiger partial charge in [0.05, 0.1) is 11.2 Å². The van der Waals surface area contributed by atoms with Gasteiger partial charge in [-0.05, 0) is 167 Å². The molecule has 0 bridgehead atoms. The van der Waals surface area contributed by atoms with Crippen molar-refractivity contribution >= 4 is 12.6 Å². The Labute approximate surface area is 405 Å². The normalized spacial score (nSPS) is 16.8. The molecule has 1 heterocycles. The highest BCUT2D eigenvalue weighted by Gasteiger charge is 2.51. The molecule has 348 valence electrons. The van der Waals surface area contributed by atoms with Crippen LogP contribution in [0.15, 0.2) is 115 Å². The fraction of sp³-hybridized carbons (Fsp3) is 0.438. The summed E-state index contributed by atoms with van der Waals surface area (Å²) in [6, 6.07) is 45.1. The summed E-state index contributed by atoms with van der Waals surface area (Å²) in [7, 11) is -0.359. The minimum absolute atomic E-state index is 0.0782. The molecule has 9 rings (SSSR count). The molecule has 67 heavy (non-hydrogen) atoms. The Morgan fingerprint density at radius 1 is 0.403 bits per heavy atom. The van der Waals surface area contributed by atoms with Gasteiger partial charge in [0.2, 0.25) is 0 Å². The fourth-order valence-corrected chi connectivity index (χ4v) is 12.2. The molecule has 0 N–H and O–H groups in total. The van der Waals surface area contributed by atoms with Crippen molar-refractivity contribution in [2.24, 2.45) is 0 Å². The van der Waals surface area contributed by atoms with Crippen molar-refractivity contribution in [2.45, 2.75) is 181 Å².